The maximum absolute atomic E-state index is 12.5. The summed E-state index contributed by atoms with van der Waals surface area (Å²) in [6.45, 7) is 2.92. The first-order chi connectivity index (χ1) is 11.1. The maximum atomic E-state index is 12.5. The minimum absolute atomic E-state index is 0.143. The van der Waals surface area contributed by atoms with Crippen molar-refractivity contribution in [3.63, 3.8) is 0 Å². The van der Waals surface area contributed by atoms with Crippen LogP contribution in [0.1, 0.15) is 18.5 Å². The molecule has 0 aromatic carbocycles. The Kier molecular flexibility index (Phi) is 4.45. The van der Waals surface area contributed by atoms with Gasteiger partial charge in [-0.05, 0) is 31.9 Å². The zero-order valence-corrected chi connectivity index (χ0v) is 12.9. The van der Waals surface area contributed by atoms with Gasteiger partial charge in [0.2, 0.25) is 11.8 Å². The molecule has 0 bridgehead atoms. The molecule has 2 aliphatic rings. The highest BCUT2D eigenvalue weighted by Gasteiger charge is 2.32. The Morgan fingerprint density at radius 2 is 2.22 bits per heavy atom. The van der Waals surface area contributed by atoms with Crippen molar-refractivity contribution in [2.45, 2.75) is 25.9 Å². The van der Waals surface area contributed by atoms with Gasteiger partial charge < -0.3 is 9.64 Å². The summed E-state index contributed by atoms with van der Waals surface area (Å²) >= 11 is 0. The van der Waals surface area contributed by atoms with Gasteiger partial charge in [-0.15, -0.1) is 5.10 Å². The van der Waals surface area contributed by atoms with Crippen molar-refractivity contribution in [1.29, 1.82) is 0 Å². The molecule has 1 aromatic rings. The van der Waals surface area contributed by atoms with E-state index in [4.69, 9.17) is 4.74 Å². The topological polar surface area (TPSA) is 84.8 Å². The number of rotatable bonds is 3. The Labute approximate surface area is 134 Å². The quantitative estimate of drug-likeness (QED) is 0.775. The number of aryl methyl sites for hydroxylation is 1. The SMILES string of the molecule is Cc1ccc(OC2CCCN(C(=O)C3C=CC=NC3=O)C2)nn1. The first kappa shape index (κ1) is 15.3. The number of piperidine rings is 1. The molecule has 120 valence electrons. The van der Waals surface area contributed by atoms with Crippen LogP contribution < -0.4 is 4.74 Å². The molecule has 1 fully saturated rings. The first-order valence-electron chi connectivity index (χ1n) is 7.64. The fraction of sp³-hybridized carbons (Fsp3) is 0.438. The molecule has 0 aliphatic carbocycles. The van der Waals surface area contributed by atoms with Gasteiger partial charge in [0, 0.05) is 18.8 Å². The first-order valence-corrected chi connectivity index (χ1v) is 7.64. The van der Waals surface area contributed by atoms with Gasteiger partial charge in [-0.2, -0.15) is 5.10 Å². The number of aliphatic imine (C=N–C) groups is 1. The highest BCUT2D eigenvalue weighted by Crippen LogP contribution is 2.19. The van der Waals surface area contributed by atoms with Crippen molar-refractivity contribution in [3.05, 3.63) is 30.0 Å². The van der Waals surface area contributed by atoms with Gasteiger partial charge in [-0.3, -0.25) is 9.59 Å². The van der Waals surface area contributed by atoms with Crippen LogP contribution in [0.2, 0.25) is 0 Å². The lowest BCUT2D eigenvalue weighted by Gasteiger charge is -2.33. The molecular weight excluding hydrogens is 296 g/mol. The molecule has 1 aromatic heterocycles. The number of hydrogen-bond acceptors (Lipinski definition) is 5. The fourth-order valence-electron chi connectivity index (χ4n) is 2.68. The predicted molar refractivity (Wildman–Crippen MR) is 83.1 cm³/mol. The second kappa shape index (κ2) is 6.68. The van der Waals surface area contributed by atoms with E-state index >= 15 is 0 Å². The van der Waals surface area contributed by atoms with Crippen molar-refractivity contribution in [3.8, 4) is 5.88 Å². The molecule has 2 aliphatic heterocycles. The summed E-state index contributed by atoms with van der Waals surface area (Å²) in [5, 5.41) is 7.94. The largest absolute Gasteiger partial charge is 0.471 e. The van der Waals surface area contributed by atoms with E-state index in [9.17, 15) is 9.59 Å². The summed E-state index contributed by atoms with van der Waals surface area (Å²) in [6, 6.07) is 3.60. The van der Waals surface area contributed by atoms with Crippen LogP contribution in [0.4, 0.5) is 0 Å². The summed E-state index contributed by atoms with van der Waals surface area (Å²) in [5.74, 6) is -0.984. The van der Waals surface area contributed by atoms with Gasteiger partial charge >= 0.3 is 0 Å². The Hall–Kier alpha value is -2.57. The lowest BCUT2D eigenvalue weighted by atomic mass is 10.0. The van der Waals surface area contributed by atoms with Crippen molar-refractivity contribution >= 4 is 18.0 Å². The number of carbonyl (C=O) groups excluding carboxylic acids is 2. The van der Waals surface area contributed by atoms with Gasteiger partial charge in [0.1, 0.15) is 12.0 Å². The summed E-state index contributed by atoms with van der Waals surface area (Å²) < 4.78 is 5.80. The van der Waals surface area contributed by atoms with Gasteiger partial charge in [0.05, 0.1) is 12.2 Å². The number of nitrogens with zero attached hydrogens (tertiary/aromatic N) is 4. The summed E-state index contributed by atoms with van der Waals surface area (Å²) in [6.07, 6.45) is 6.15. The van der Waals surface area contributed by atoms with E-state index in [0.29, 0.717) is 19.0 Å². The van der Waals surface area contributed by atoms with Crippen LogP contribution in [-0.2, 0) is 9.59 Å². The average molecular weight is 314 g/mol. The predicted octanol–water partition coefficient (Wildman–Crippen LogP) is 0.938. The number of ether oxygens (including phenoxy) is 1. The minimum atomic E-state index is -0.807. The molecule has 7 nitrogen and oxygen atoms in total. The number of amides is 2. The normalized spacial score (nSPS) is 23.9. The van der Waals surface area contributed by atoms with Crippen LogP contribution in [0.15, 0.2) is 29.3 Å². The van der Waals surface area contributed by atoms with E-state index in [-0.39, 0.29) is 12.0 Å². The van der Waals surface area contributed by atoms with Crippen molar-refractivity contribution in [2.75, 3.05) is 13.1 Å². The minimum Gasteiger partial charge on any atom is -0.471 e. The smallest absolute Gasteiger partial charge is 0.262 e. The molecule has 0 radical (unpaired) electrons. The third kappa shape index (κ3) is 3.61. The number of aromatic nitrogens is 2. The molecule has 0 spiro atoms. The monoisotopic (exact) mass is 314 g/mol. The Morgan fingerprint density at radius 3 is 2.96 bits per heavy atom. The second-order valence-corrected chi connectivity index (χ2v) is 5.66. The Bertz CT molecular complexity index is 654. The molecule has 0 N–H and O–H groups in total. The van der Waals surface area contributed by atoms with Crippen LogP contribution in [-0.4, -0.2) is 52.3 Å². The van der Waals surface area contributed by atoms with E-state index in [2.05, 4.69) is 15.2 Å². The van der Waals surface area contributed by atoms with Crippen LogP contribution in [0.3, 0.4) is 0 Å². The van der Waals surface area contributed by atoms with Gasteiger partial charge in [0.15, 0.2) is 0 Å². The zero-order valence-electron chi connectivity index (χ0n) is 12.9. The standard InChI is InChI=1S/C16H18N4O3/c1-11-6-7-14(19-18-11)23-12-4-3-9-20(10-12)16(22)13-5-2-8-17-15(13)21/h2,5-8,12-13H,3-4,9-10H2,1H3. The highest BCUT2D eigenvalue weighted by molar-refractivity contribution is 6.07. The summed E-state index contributed by atoms with van der Waals surface area (Å²) in [4.78, 5) is 29.6. The molecule has 23 heavy (non-hydrogen) atoms. The Morgan fingerprint density at radius 1 is 1.35 bits per heavy atom. The number of hydrogen-bond donors (Lipinski definition) is 0. The number of likely N-dealkylation sites (tertiary alicyclic amines) is 1. The molecule has 1 saturated heterocycles. The average Bonchev–Trinajstić information content (AvgIpc) is 2.57. The fourth-order valence-corrected chi connectivity index (χ4v) is 2.68. The van der Waals surface area contributed by atoms with Crippen LogP contribution in [0.25, 0.3) is 0 Å². The van der Waals surface area contributed by atoms with E-state index < -0.39 is 11.8 Å². The summed E-state index contributed by atoms with van der Waals surface area (Å²) in [7, 11) is 0. The van der Waals surface area contributed by atoms with Crippen molar-refractivity contribution in [2.24, 2.45) is 10.9 Å². The van der Waals surface area contributed by atoms with Gasteiger partial charge in [-0.25, -0.2) is 4.99 Å². The van der Waals surface area contributed by atoms with Crippen molar-refractivity contribution < 1.29 is 14.3 Å². The lowest BCUT2D eigenvalue weighted by Crippen LogP contribution is -2.47. The van der Waals surface area contributed by atoms with E-state index in [1.807, 2.05) is 13.0 Å². The van der Waals surface area contributed by atoms with Crippen LogP contribution in [0.5, 0.6) is 5.88 Å². The number of allylic oxidation sites excluding steroid dienone is 1. The molecule has 3 rings (SSSR count). The maximum Gasteiger partial charge on any atom is 0.262 e. The molecule has 0 saturated carbocycles. The Balaban J connectivity index is 1.62. The van der Waals surface area contributed by atoms with Crippen LogP contribution >= 0.6 is 0 Å². The van der Waals surface area contributed by atoms with Crippen LogP contribution in [0, 0.1) is 12.8 Å². The summed E-state index contributed by atoms with van der Waals surface area (Å²) in [5.41, 5.74) is 0.820. The molecule has 3 heterocycles. The molecule has 2 unspecified atom stereocenters. The van der Waals surface area contributed by atoms with E-state index in [0.717, 1.165) is 18.5 Å². The molecule has 2 amide bonds. The second-order valence-electron chi connectivity index (χ2n) is 5.66. The van der Waals surface area contributed by atoms with Gasteiger partial charge in [-0.1, -0.05) is 6.08 Å². The third-order valence-corrected chi connectivity index (χ3v) is 3.87. The lowest BCUT2D eigenvalue weighted by molar-refractivity contribution is -0.141. The highest BCUT2D eigenvalue weighted by atomic mass is 16.5. The van der Waals surface area contributed by atoms with Crippen molar-refractivity contribution in [1.82, 2.24) is 15.1 Å². The number of dihydropyridines is 1. The third-order valence-electron chi connectivity index (χ3n) is 3.87. The number of carbonyl (C=O) groups is 2. The van der Waals surface area contributed by atoms with E-state index in [1.54, 1.807) is 23.1 Å². The molecule has 7 heteroatoms. The molecule has 2 atom stereocenters. The zero-order chi connectivity index (χ0) is 16.2. The van der Waals surface area contributed by atoms with E-state index in [1.165, 1.54) is 6.21 Å². The van der Waals surface area contributed by atoms with Gasteiger partial charge in [0.25, 0.3) is 5.91 Å². The molecular formula is C16H18N4O3.